The summed E-state index contributed by atoms with van der Waals surface area (Å²) in [6, 6.07) is 10.3. The number of aryl methyl sites for hydroxylation is 2. The van der Waals surface area contributed by atoms with Gasteiger partial charge >= 0.3 is 11.9 Å². The maximum atomic E-state index is 12.4. The van der Waals surface area contributed by atoms with Gasteiger partial charge in [-0.3, -0.25) is 0 Å². The minimum atomic E-state index is -1.13. The molecule has 0 aliphatic heterocycles. The summed E-state index contributed by atoms with van der Waals surface area (Å²) in [6.45, 7) is 20.0. The second-order valence-electron chi connectivity index (χ2n) is 8.94. The Morgan fingerprint density at radius 1 is 0.618 bits per heavy atom. The Morgan fingerprint density at radius 2 is 0.941 bits per heavy atom. The van der Waals surface area contributed by atoms with E-state index in [9.17, 15) is 19.8 Å². The summed E-state index contributed by atoms with van der Waals surface area (Å²) < 4.78 is 0. The SMILES string of the molecule is C=C(C)c1c(-c2c(C(=O)O)ccc(C(=O)O)c2-c2ccc(C)c(C)c2C(=C)C)ccc(C)c1C. The van der Waals surface area contributed by atoms with Crippen LogP contribution in [0.5, 0.6) is 0 Å². The number of carboxylic acid groups (broad SMARTS) is 2. The van der Waals surface area contributed by atoms with E-state index in [-0.39, 0.29) is 11.1 Å². The molecule has 0 atom stereocenters. The molecule has 0 amide bonds. The first-order valence-electron chi connectivity index (χ1n) is 11.0. The van der Waals surface area contributed by atoms with Crippen LogP contribution in [0.25, 0.3) is 33.4 Å². The number of benzene rings is 3. The van der Waals surface area contributed by atoms with E-state index in [0.29, 0.717) is 22.3 Å². The largest absolute Gasteiger partial charge is 0.478 e. The highest BCUT2D eigenvalue weighted by molar-refractivity contribution is 6.10. The average molecular weight is 455 g/mol. The fourth-order valence-corrected chi connectivity index (χ4v) is 4.67. The zero-order chi connectivity index (χ0) is 25.5. The summed E-state index contributed by atoms with van der Waals surface area (Å²) in [6.07, 6.45) is 0. The molecule has 0 saturated carbocycles. The van der Waals surface area contributed by atoms with Crippen molar-refractivity contribution < 1.29 is 19.8 Å². The fraction of sp³-hybridized carbons (Fsp3) is 0.200. The third kappa shape index (κ3) is 4.08. The Hall–Kier alpha value is -3.92. The standard InChI is InChI=1S/C30H30O4/c1-15(2)25-19(7)17(5)9-11-21(25)27-23(29(31)32)13-14-24(30(33)34)28(27)22-12-10-18(6)20(8)26(22)16(3)4/h9-14H,1,3H2,2,4-8H3,(H,31,32)(H,33,34). The van der Waals surface area contributed by atoms with E-state index >= 15 is 0 Å². The monoisotopic (exact) mass is 454 g/mol. The lowest BCUT2D eigenvalue weighted by atomic mass is 9.79. The third-order valence-corrected chi connectivity index (χ3v) is 6.53. The Morgan fingerprint density at radius 3 is 1.21 bits per heavy atom. The number of hydrogen-bond donors (Lipinski definition) is 2. The molecule has 0 bridgehead atoms. The molecule has 0 aliphatic rings. The molecule has 34 heavy (non-hydrogen) atoms. The van der Waals surface area contributed by atoms with Crippen molar-refractivity contribution in [1.82, 2.24) is 0 Å². The first kappa shape index (κ1) is 24.7. The van der Waals surface area contributed by atoms with Crippen LogP contribution in [0.1, 0.15) is 67.9 Å². The predicted octanol–water partition coefficient (Wildman–Crippen LogP) is 7.72. The number of carbonyl (C=O) groups is 2. The molecule has 174 valence electrons. The zero-order valence-electron chi connectivity index (χ0n) is 20.6. The molecular formula is C30H30O4. The molecule has 0 aliphatic carbocycles. The molecule has 3 rings (SSSR count). The Kier molecular flexibility index (Phi) is 6.65. The van der Waals surface area contributed by atoms with E-state index in [4.69, 9.17) is 0 Å². The molecule has 2 N–H and O–H groups in total. The summed E-state index contributed by atoms with van der Waals surface area (Å²) in [5.41, 5.74) is 9.38. The normalized spacial score (nSPS) is 10.8. The van der Waals surface area contributed by atoms with Gasteiger partial charge in [-0.1, -0.05) is 48.6 Å². The van der Waals surface area contributed by atoms with Crippen molar-refractivity contribution in [3.63, 3.8) is 0 Å². The van der Waals surface area contributed by atoms with Crippen LogP contribution >= 0.6 is 0 Å². The maximum Gasteiger partial charge on any atom is 0.336 e. The van der Waals surface area contributed by atoms with Gasteiger partial charge in [0, 0.05) is 11.1 Å². The lowest BCUT2D eigenvalue weighted by Gasteiger charge is -2.24. The van der Waals surface area contributed by atoms with Crippen molar-refractivity contribution in [2.75, 3.05) is 0 Å². The van der Waals surface area contributed by atoms with Gasteiger partial charge in [0.2, 0.25) is 0 Å². The van der Waals surface area contributed by atoms with E-state index in [1.165, 1.54) is 12.1 Å². The van der Waals surface area contributed by atoms with Crippen LogP contribution in [0, 0.1) is 27.7 Å². The predicted molar refractivity (Wildman–Crippen MR) is 140 cm³/mol. The summed E-state index contributed by atoms with van der Waals surface area (Å²) in [7, 11) is 0. The van der Waals surface area contributed by atoms with Gasteiger partial charge in [-0.05, 0) is 98.2 Å². The van der Waals surface area contributed by atoms with Crippen molar-refractivity contribution in [1.29, 1.82) is 0 Å². The molecular weight excluding hydrogens is 424 g/mol. The van der Waals surface area contributed by atoms with Crippen LogP contribution in [0.2, 0.25) is 0 Å². The number of rotatable bonds is 6. The molecule has 0 heterocycles. The van der Waals surface area contributed by atoms with Gasteiger partial charge in [-0.25, -0.2) is 9.59 Å². The van der Waals surface area contributed by atoms with Crippen LogP contribution in [0.4, 0.5) is 0 Å². The van der Waals surface area contributed by atoms with Crippen LogP contribution in [-0.4, -0.2) is 22.2 Å². The quantitative estimate of drug-likeness (QED) is 0.400. The van der Waals surface area contributed by atoms with Crippen molar-refractivity contribution in [3.8, 4) is 22.3 Å². The van der Waals surface area contributed by atoms with E-state index in [0.717, 1.165) is 44.5 Å². The zero-order valence-corrected chi connectivity index (χ0v) is 20.6. The molecule has 0 fully saturated rings. The number of hydrogen-bond acceptors (Lipinski definition) is 2. The Balaban J connectivity index is 2.69. The lowest BCUT2D eigenvalue weighted by molar-refractivity contribution is 0.0682. The third-order valence-electron chi connectivity index (χ3n) is 6.53. The molecule has 3 aromatic rings. The highest BCUT2D eigenvalue weighted by Crippen LogP contribution is 2.45. The van der Waals surface area contributed by atoms with Gasteiger partial charge < -0.3 is 10.2 Å². The van der Waals surface area contributed by atoms with Crippen molar-refractivity contribution in [2.24, 2.45) is 0 Å². The smallest absolute Gasteiger partial charge is 0.336 e. The molecule has 0 unspecified atom stereocenters. The number of allylic oxidation sites excluding steroid dienone is 2. The molecule has 4 heteroatoms. The highest BCUT2D eigenvalue weighted by Gasteiger charge is 2.27. The van der Waals surface area contributed by atoms with Gasteiger partial charge in [0.1, 0.15) is 0 Å². The maximum absolute atomic E-state index is 12.4. The van der Waals surface area contributed by atoms with Crippen LogP contribution < -0.4 is 0 Å². The Labute approximate surface area is 200 Å². The first-order valence-corrected chi connectivity index (χ1v) is 11.0. The molecule has 3 aromatic carbocycles. The summed E-state index contributed by atoms with van der Waals surface area (Å²) >= 11 is 0. The van der Waals surface area contributed by atoms with Gasteiger partial charge in [-0.2, -0.15) is 0 Å². The van der Waals surface area contributed by atoms with Crippen LogP contribution in [0.3, 0.4) is 0 Å². The summed E-state index contributed by atoms with van der Waals surface area (Å²) in [5.74, 6) is -2.25. The summed E-state index contributed by atoms with van der Waals surface area (Å²) in [4.78, 5) is 24.9. The van der Waals surface area contributed by atoms with E-state index in [1.807, 2.05) is 65.8 Å². The Bertz CT molecular complexity index is 1280. The average Bonchev–Trinajstić information content (AvgIpc) is 2.75. The highest BCUT2D eigenvalue weighted by atomic mass is 16.4. The molecule has 0 saturated heterocycles. The van der Waals surface area contributed by atoms with Gasteiger partial charge in [0.25, 0.3) is 0 Å². The second kappa shape index (κ2) is 9.14. The van der Waals surface area contributed by atoms with Crippen LogP contribution in [0.15, 0.2) is 49.6 Å². The summed E-state index contributed by atoms with van der Waals surface area (Å²) in [5, 5.41) is 20.3. The molecule has 0 spiro atoms. The number of carboxylic acids is 2. The second-order valence-corrected chi connectivity index (χ2v) is 8.94. The van der Waals surface area contributed by atoms with E-state index < -0.39 is 11.9 Å². The minimum Gasteiger partial charge on any atom is -0.478 e. The molecule has 4 nitrogen and oxygen atoms in total. The molecule has 0 radical (unpaired) electrons. The van der Waals surface area contributed by atoms with E-state index in [1.54, 1.807) is 0 Å². The fourth-order valence-electron chi connectivity index (χ4n) is 4.67. The van der Waals surface area contributed by atoms with Gasteiger partial charge in [-0.15, -0.1) is 0 Å². The van der Waals surface area contributed by atoms with Crippen LogP contribution in [-0.2, 0) is 0 Å². The lowest BCUT2D eigenvalue weighted by Crippen LogP contribution is -2.10. The number of aromatic carboxylic acids is 2. The van der Waals surface area contributed by atoms with Crippen molar-refractivity contribution >= 4 is 23.1 Å². The molecule has 0 aromatic heterocycles. The van der Waals surface area contributed by atoms with Gasteiger partial charge in [0.15, 0.2) is 0 Å². The van der Waals surface area contributed by atoms with Crippen molar-refractivity contribution in [2.45, 2.75) is 41.5 Å². The minimum absolute atomic E-state index is 0.0386. The van der Waals surface area contributed by atoms with Gasteiger partial charge in [0.05, 0.1) is 11.1 Å². The topological polar surface area (TPSA) is 74.6 Å². The van der Waals surface area contributed by atoms with E-state index in [2.05, 4.69) is 13.2 Å². The van der Waals surface area contributed by atoms with Crippen molar-refractivity contribution in [3.05, 3.63) is 94.1 Å². The first-order chi connectivity index (χ1) is 15.9.